The molecule has 2 aromatic carbocycles. The van der Waals surface area contributed by atoms with Crippen LogP contribution >= 0.6 is 0 Å². The first-order chi connectivity index (χ1) is 17.0. The van der Waals surface area contributed by atoms with E-state index in [4.69, 9.17) is 9.47 Å². The van der Waals surface area contributed by atoms with Crippen molar-refractivity contribution in [3.8, 4) is 6.01 Å². The van der Waals surface area contributed by atoms with Gasteiger partial charge < -0.3 is 14.6 Å². The van der Waals surface area contributed by atoms with Crippen LogP contribution < -0.4 is 4.74 Å². The Morgan fingerprint density at radius 3 is 2.00 bits per heavy atom. The van der Waals surface area contributed by atoms with Crippen LogP contribution in [0.1, 0.15) is 61.0 Å². The van der Waals surface area contributed by atoms with Gasteiger partial charge in [-0.2, -0.15) is 0 Å². The third-order valence-electron chi connectivity index (χ3n) is 6.76. The fourth-order valence-electron chi connectivity index (χ4n) is 5.10. The van der Waals surface area contributed by atoms with Crippen molar-refractivity contribution in [3.63, 3.8) is 0 Å². The third kappa shape index (κ3) is 5.88. The van der Waals surface area contributed by atoms with Crippen LogP contribution in [0.25, 0.3) is 0 Å². The smallest absolute Gasteiger partial charge is 0.348 e. The number of hydrogen-bond acceptors (Lipinski definition) is 5. The van der Waals surface area contributed by atoms with Crippen molar-refractivity contribution in [2.24, 2.45) is 5.92 Å². The maximum Gasteiger partial charge on any atom is 0.348 e. The number of aromatic nitrogens is 2. The molecule has 1 heterocycles. The Bertz CT molecular complexity index is 1040. The van der Waals surface area contributed by atoms with Crippen LogP contribution in [0.4, 0.5) is 0 Å². The summed E-state index contributed by atoms with van der Waals surface area (Å²) in [5.74, 6) is -0.543. The van der Waals surface area contributed by atoms with Gasteiger partial charge in [0.15, 0.2) is 5.60 Å². The molecule has 1 atom stereocenters. The molecule has 0 radical (unpaired) electrons. The van der Waals surface area contributed by atoms with E-state index < -0.39 is 17.7 Å². The average Bonchev–Trinajstić information content (AvgIpc) is 2.87. The molecule has 3 aromatic rings. The SMILES string of the molecule is Cc1cc(C)nc(O[C@@H](C(=O)O)C(OCCC2CCCCC2)(c2ccccc2)c2ccccc2)n1. The number of hydrogen-bond donors (Lipinski definition) is 1. The molecule has 0 amide bonds. The highest BCUT2D eigenvalue weighted by Gasteiger charge is 2.50. The molecular weight excluding hydrogens is 440 g/mol. The summed E-state index contributed by atoms with van der Waals surface area (Å²) >= 11 is 0. The summed E-state index contributed by atoms with van der Waals surface area (Å²) in [7, 11) is 0. The van der Waals surface area contributed by atoms with Crippen molar-refractivity contribution in [3.05, 3.63) is 89.2 Å². The lowest BCUT2D eigenvalue weighted by atomic mass is 9.80. The molecule has 6 nitrogen and oxygen atoms in total. The van der Waals surface area contributed by atoms with Gasteiger partial charge in [0.05, 0.1) is 0 Å². The van der Waals surface area contributed by atoms with Crippen LogP contribution in [0.2, 0.25) is 0 Å². The lowest BCUT2D eigenvalue weighted by molar-refractivity contribution is -0.164. The highest BCUT2D eigenvalue weighted by atomic mass is 16.6. The molecule has 1 N–H and O–H groups in total. The molecule has 0 aliphatic heterocycles. The minimum absolute atomic E-state index is 0.0296. The number of carboxylic acid groups (broad SMARTS) is 1. The number of benzene rings is 2. The molecule has 1 aliphatic rings. The molecule has 0 unspecified atom stereocenters. The number of carbonyl (C=O) groups is 1. The number of rotatable bonds is 10. The van der Waals surface area contributed by atoms with Gasteiger partial charge in [0, 0.05) is 18.0 Å². The first kappa shape index (κ1) is 24.9. The molecule has 0 saturated heterocycles. The van der Waals surface area contributed by atoms with Crippen LogP contribution in [0.15, 0.2) is 66.7 Å². The van der Waals surface area contributed by atoms with Gasteiger partial charge in [-0.15, -0.1) is 0 Å². The maximum absolute atomic E-state index is 12.9. The third-order valence-corrected chi connectivity index (χ3v) is 6.76. The predicted molar refractivity (Wildman–Crippen MR) is 134 cm³/mol. The Kier molecular flexibility index (Phi) is 8.13. The number of ether oxygens (including phenoxy) is 2. The van der Waals surface area contributed by atoms with E-state index in [0.29, 0.717) is 35.0 Å². The summed E-state index contributed by atoms with van der Waals surface area (Å²) in [5, 5.41) is 10.5. The van der Waals surface area contributed by atoms with Gasteiger partial charge in [-0.25, -0.2) is 14.8 Å². The second kappa shape index (κ2) is 11.5. The lowest BCUT2D eigenvalue weighted by Crippen LogP contribution is -2.51. The van der Waals surface area contributed by atoms with Gasteiger partial charge in [0.1, 0.15) is 0 Å². The van der Waals surface area contributed by atoms with Crippen molar-refractivity contribution in [1.82, 2.24) is 9.97 Å². The molecule has 1 aromatic heterocycles. The Labute approximate surface area is 207 Å². The van der Waals surface area contributed by atoms with Crippen LogP contribution in [-0.4, -0.2) is 33.8 Å². The zero-order valence-electron chi connectivity index (χ0n) is 20.5. The van der Waals surface area contributed by atoms with E-state index in [1.54, 1.807) is 0 Å². The summed E-state index contributed by atoms with van der Waals surface area (Å²) < 4.78 is 12.8. The molecule has 184 valence electrons. The van der Waals surface area contributed by atoms with E-state index in [2.05, 4.69) is 9.97 Å². The molecule has 1 fully saturated rings. The Hall–Kier alpha value is -3.25. The minimum Gasteiger partial charge on any atom is -0.478 e. The Morgan fingerprint density at radius 1 is 0.943 bits per heavy atom. The van der Waals surface area contributed by atoms with Crippen LogP contribution in [0.3, 0.4) is 0 Å². The summed E-state index contributed by atoms with van der Waals surface area (Å²) in [6.07, 6.45) is 5.66. The average molecular weight is 475 g/mol. The molecule has 0 bridgehead atoms. The lowest BCUT2D eigenvalue weighted by Gasteiger charge is -2.39. The van der Waals surface area contributed by atoms with Crippen LogP contribution in [-0.2, 0) is 15.1 Å². The first-order valence-corrected chi connectivity index (χ1v) is 12.5. The zero-order chi connectivity index (χ0) is 24.7. The highest BCUT2D eigenvalue weighted by Crippen LogP contribution is 2.40. The van der Waals surface area contributed by atoms with Crippen molar-refractivity contribution in [1.29, 1.82) is 0 Å². The molecule has 1 saturated carbocycles. The first-order valence-electron chi connectivity index (χ1n) is 12.5. The number of aryl methyl sites for hydroxylation is 2. The number of nitrogens with zero attached hydrogens (tertiary/aromatic N) is 2. The molecule has 4 rings (SSSR count). The summed E-state index contributed by atoms with van der Waals surface area (Å²) in [4.78, 5) is 21.6. The van der Waals surface area contributed by atoms with E-state index in [9.17, 15) is 9.90 Å². The summed E-state index contributed by atoms with van der Waals surface area (Å²) in [6.45, 7) is 4.09. The van der Waals surface area contributed by atoms with Gasteiger partial charge >= 0.3 is 12.0 Å². The van der Waals surface area contributed by atoms with Gasteiger partial charge in [0.2, 0.25) is 6.10 Å². The Morgan fingerprint density at radius 2 is 1.49 bits per heavy atom. The topological polar surface area (TPSA) is 81.5 Å². The van der Waals surface area contributed by atoms with E-state index in [-0.39, 0.29) is 6.01 Å². The second-order valence-corrected chi connectivity index (χ2v) is 9.38. The standard InChI is InChI=1S/C29H34N2O4/c1-21-20-22(2)31-28(30-21)35-26(27(32)33)29(24-14-8-4-9-15-24,25-16-10-5-11-17-25)34-19-18-23-12-6-3-7-13-23/h4-5,8-11,14-17,20,23,26H,3,6-7,12-13,18-19H2,1-2H3,(H,32,33)/t26-/m0/s1. The van der Waals surface area contributed by atoms with Gasteiger partial charge in [-0.3, -0.25) is 0 Å². The van der Waals surface area contributed by atoms with E-state index in [1.807, 2.05) is 80.6 Å². The number of carboxylic acids is 1. The van der Waals surface area contributed by atoms with Crippen molar-refractivity contribution >= 4 is 5.97 Å². The van der Waals surface area contributed by atoms with Crippen LogP contribution in [0.5, 0.6) is 6.01 Å². The quantitative estimate of drug-likeness (QED) is 0.397. The van der Waals surface area contributed by atoms with Crippen molar-refractivity contribution in [2.45, 2.75) is 64.1 Å². The van der Waals surface area contributed by atoms with Gasteiger partial charge in [-0.1, -0.05) is 92.8 Å². The molecule has 35 heavy (non-hydrogen) atoms. The number of aliphatic carboxylic acids is 1. The van der Waals surface area contributed by atoms with E-state index in [1.165, 1.54) is 32.1 Å². The largest absolute Gasteiger partial charge is 0.478 e. The Balaban J connectivity index is 1.78. The monoisotopic (exact) mass is 474 g/mol. The van der Waals surface area contributed by atoms with Gasteiger partial charge in [0.25, 0.3) is 0 Å². The predicted octanol–water partition coefficient (Wildman–Crippen LogP) is 5.86. The fraction of sp³-hybridized carbons (Fsp3) is 0.414. The second-order valence-electron chi connectivity index (χ2n) is 9.38. The van der Waals surface area contributed by atoms with Crippen LogP contribution in [0, 0.1) is 19.8 Å². The summed E-state index contributed by atoms with van der Waals surface area (Å²) in [6, 6.07) is 20.8. The summed E-state index contributed by atoms with van der Waals surface area (Å²) in [5.41, 5.74) is 1.46. The molecule has 6 heteroatoms. The molecule has 0 spiro atoms. The van der Waals surface area contributed by atoms with E-state index >= 15 is 0 Å². The minimum atomic E-state index is -1.40. The van der Waals surface area contributed by atoms with Gasteiger partial charge in [-0.05, 0) is 43.4 Å². The van der Waals surface area contributed by atoms with Crippen molar-refractivity contribution in [2.75, 3.05) is 6.61 Å². The fourth-order valence-corrected chi connectivity index (χ4v) is 5.10. The van der Waals surface area contributed by atoms with E-state index in [0.717, 1.165) is 6.42 Å². The molecule has 1 aliphatic carbocycles. The highest BCUT2D eigenvalue weighted by molar-refractivity contribution is 5.76. The maximum atomic E-state index is 12.9. The normalized spacial score (nSPS) is 15.5. The zero-order valence-corrected chi connectivity index (χ0v) is 20.5. The van der Waals surface area contributed by atoms with Crippen molar-refractivity contribution < 1.29 is 19.4 Å². The molecular formula is C29H34N2O4.